The van der Waals surface area contributed by atoms with Gasteiger partial charge < -0.3 is 11.2 Å². The van der Waals surface area contributed by atoms with Crippen LogP contribution in [0.3, 0.4) is 0 Å². The van der Waals surface area contributed by atoms with Crippen molar-refractivity contribution in [1.29, 1.82) is 0 Å². The van der Waals surface area contributed by atoms with Gasteiger partial charge in [-0.1, -0.05) is 6.07 Å². The number of hydrogen-bond donors (Lipinski definition) is 2. The molecule has 0 amide bonds. The second-order valence-electron chi connectivity index (χ2n) is 5.20. The van der Waals surface area contributed by atoms with E-state index in [9.17, 15) is 13.2 Å². The third kappa shape index (κ3) is 2.96. The first kappa shape index (κ1) is 14.2. The number of pyridine rings is 1. The molecule has 114 valence electrons. The Morgan fingerprint density at radius 2 is 1.95 bits per heavy atom. The molecule has 5 nitrogen and oxygen atoms in total. The summed E-state index contributed by atoms with van der Waals surface area (Å²) < 4.78 is 39.6. The summed E-state index contributed by atoms with van der Waals surface area (Å²) in [6, 6.07) is 5.15. The van der Waals surface area contributed by atoms with Crippen LogP contribution in [0.4, 0.5) is 19.0 Å². The maximum atomic E-state index is 12.7. The zero-order chi connectivity index (χ0) is 15.0. The van der Waals surface area contributed by atoms with E-state index in [2.05, 4.69) is 10.4 Å². The van der Waals surface area contributed by atoms with Gasteiger partial charge in [0.2, 0.25) is 0 Å². The highest BCUT2D eigenvalue weighted by Gasteiger charge is 2.34. The normalized spacial score (nSPS) is 18.3. The number of alkyl halides is 3. The summed E-state index contributed by atoms with van der Waals surface area (Å²) in [4.78, 5) is 3.61. The summed E-state index contributed by atoms with van der Waals surface area (Å²) in [7, 11) is 0. The zero-order valence-corrected chi connectivity index (χ0v) is 11.3. The lowest BCUT2D eigenvalue weighted by molar-refractivity contribution is -0.140. The fraction of sp³-hybridized carbons (Fsp3) is 0.462. The lowest BCUT2D eigenvalue weighted by Gasteiger charge is -2.31. The van der Waals surface area contributed by atoms with Crippen LogP contribution in [0.25, 0.3) is 5.65 Å². The van der Waals surface area contributed by atoms with E-state index < -0.39 is 11.9 Å². The van der Waals surface area contributed by atoms with Gasteiger partial charge in [0.25, 0.3) is 0 Å². The van der Waals surface area contributed by atoms with Crippen molar-refractivity contribution in [2.45, 2.75) is 25.1 Å². The zero-order valence-electron chi connectivity index (χ0n) is 11.3. The van der Waals surface area contributed by atoms with Gasteiger partial charge in [-0.2, -0.15) is 13.2 Å². The number of fused-ring (bicyclic) bond motifs is 1. The molecule has 21 heavy (non-hydrogen) atoms. The first-order chi connectivity index (χ1) is 9.93. The predicted octanol–water partition coefficient (Wildman–Crippen LogP) is 2.10. The van der Waals surface area contributed by atoms with Crippen LogP contribution in [-0.2, 0) is 6.18 Å². The van der Waals surface area contributed by atoms with Gasteiger partial charge in [-0.3, -0.25) is 4.40 Å². The maximum absolute atomic E-state index is 12.7. The first-order valence-electron chi connectivity index (χ1n) is 6.76. The molecule has 0 radical (unpaired) electrons. The molecular weight excluding hydrogens is 283 g/mol. The summed E-state index contributed by atoms with van der Waals surface area (Å²) in [5.41, 5.74) is 8.35. The van der Waals surface area contributed by atoms with Crippen LogP contribution in [0.5, 0.6) is 0 Å². The van der Waals surface area contributed by atoms with Crippen molar-refractivity contribution in [3.8, 4) is 0 Å². The van der Waals surface area contributed by atoms with Gasteiger partial charge in [0.05, 0.1) is 0 Å². The molecule has 0 atom stereocenters. The van der Waals surface area contributed by atoms with Crippen molar-refractivity contribution in [2.75, 3.05) is 18.5 Å². The maximum Gasteiger partial charge on any atom is 0.434 e. The number of rotatable bonds is 2. The van der Waals surface area contributed by atoms with Crippen molar-refractivity contribution in [2.24, 2.45) is 5.73 Å². The van der Waals surface area contributed by atoms with E-state index in [1.54, 1.807) is 18.2 Å². The van der Waals surface area contributed by atoms with Crippen molar-refractivity contribution in [3.63, 3.8) is 0 Å². The molecule has 3 heterocycles. The van der Waals surface area contributed by atoms with Crippen molar-refractivity contribution in [1.82, 2.24) is 14.4 Å². The Hall–Kier alpha value is -1.80. The quantitative estimate of drug-likeness (QED) is 0.891. The Morgan fingerprint density at radius 3 is 2.62 bits per heavy atom. The molecule has 1 saturated heterocycles. The highest BCUT2D eigenvalue weighted by atomic mass is 19.4. The molecule has 3 rings (SSSR count). The number of hydrogen-bond acceptors (Lipinski definition) is 4. The van der Waals surface area contributed by atoms with E-state index >= 15 is 0 Å². The van der Waals surface area contributed by atoms with Crippen LogP contribution in [-0.4, -0.2) is 33.5 Å². The molecule has 1 aliphatic heterocycles. The average Bonchev–Trinajstić information content (AvgIpc) is 2.86. The van der Waals surface area contributed by atoms with Crippen molar-refractivity contribution < 1.29 is 13.2 Å². The monoisotopic (exact) mass is 299 g/mol. The molecule has 2 aromatic heterocycles. The fourth-order valence-electron chi connectivity index (χ4n) is 2.41. The lowest BCUT2D eigenvalue weighted by Crippen LogP contribution is -2.42. The molecular formula is C13H16F3N5. The van der Waals surface area contributed by atoms with E-state index in [1.807, 2.05) is 5.01 Å². The Bertz CT molecular complexity index is 628. The third-order valence-electron chi connectivity index (χ3n) is 3.59. The molecule has 0 spiro atoms. The van der Waals surface area contributed by atoms with Crippen LogP contribution >= 0.6 is 0 Å². The molecule has 0 unspecified atom stereocenters. The topological polar surface area (TPSA) is 58.6 Å². The number of piperidine rings is 1. The minimum absolute atomic E-state index is 0.198. The smallest absolute Gasteiger partial charge is 0.328 e. The number of aromatic nitrogens is 2. The first-order valence-corrected chi connectivity index (χ1v) is 6.76. The molecule has 3 N–H and O–H groups in total. The molecule has 2 aromatic rings. The summed E-state index contributed by atoms with van der Waals surface area (Å²) in [5, 5.41) is 1.96. The second-order valence-corrected chi connectivity index (χ2v) is 5.20. The third-order valence-corrected chi connectivity index (χ3v) is 3.59. The second kappa shape index (κ2) is 5.19. The fourth-order valence-corrected chi connectivity index (χ4v) is 2.41. The number of nitrogens with two attached hydrogens (primary N) is 1. The summed E-state index contributed by atoms with van der Waals surface area (Å²) in [5.74, 6) is 0.561. The van der Waals surface area contributed by atoms with Gasteiger partial charge in [0.15, 0.2) is 5.69 Å². The summed E-state index contributed by atoms with van der Waals surface area (Å²) in [6.07, 6.45) is -1.71. The highest BCUT2D eigenvalue weighted by molar-refractivity contribution is 5.50. The van der Waals surface area contributed by atoms with E-state index in [-0.39, 0.29) is 11.7 Å². The Morgan fingerprint density at radius 1 is 1.24 bits per heavy atom. The molecule has 0 aromatic carbocycles. The number of halogens is 3. The van der Waals surface area contributed by atoms with E-state index in [4.69, 9.17) is 5.73 Å². The number of nitrogens with one attached hydrogen (secondary N) is 1. The molecule has 0 bridgehead atoms. The highest BCUT2D eigenvalue weighted by Crippen LogP contribution is 2.29. The van der Waals surface area contributed by atoms with Gasteiger partial charge in [0.1, 0.15) is 11.5 Å². The number of imidazole rings is 1. The van der Waals surface area contributed by atoms with Gasteiger partial charge in [0, 0.05) is 25.3 Å². The standard InChI is InChI=1S/C13H16F3N5/c14-13(15,16)10-8-21-11(18-10)2-1-3-12(21)19-20-6-4-9(17)5-7-20/h1-3,8-9,19H,4-7,17H2. The Labute approximate surface area is 119 Å². The SMILES string of the molecule is NC1CCN(Nc2cccc3nc(C(F)(F)F)cn23)CC1. The van der Waals surface area contributed by atoms with Gasteiger partial charge >= 0.3 is 6.18 Å². The number of anilines is 1. The summed E-state index contributed by atoms with van der Waals surface area (Å²) >= 11 is 0. The largest absolute Gasteiger partial charge is 0.434 e. The predicted molar refractivity (Wildman–Crippen MR) is 72.6 cm³/mol. The lowest BCUT2D eigenvalue weighted by atomic mass is 10.1. The van der Waals surface area contributed by atoms with Crippen LogP contribution < -0.4 is 11.2 Å². The van der Waals surface area contributed by atoms with Crippen molar-refractivity contribution in [3.05, 3.63) is 30.1 Å². The average molecular weight is 299 g/mol. The van der Waals surface area contributed by atoms with E-state index in [0.29, 0.717) is 5.82 Å². The van der Waals surface area contributed by atoms with Gasteiger partial charge in [-0.05, 0) is 25.0 Å². The van der Waals surface area contributed by atoms with Crippen LogP contribution in [0, 0.1) is 0 Å². The number of hydrazine groups is 1. The molecule has 8 heteroatoms. The Balaban J connectivity index is 1.86. The van der Waals surface area contributed by atoms with Crippen molar-refractivity contribution >= 4 is 11.5 Å². The molecule has 1 fully saturated rings. The van der Waals surface area contributed by atoms with Gasteiger partial charge in [-0.25, -0.2) is 9.99 Å². The van der Waals surface area contributed by atoms with E-state index in [1.165, 1.54) is 4.40 Å². The van der Waals surface area contributed by atoms with Gasteiger partial charge in [-0.15, -0.1) is 0 Å². The summed E-state index contributed by atoms with van der Waals surface area (Å²) in [6.45, 7) is 1.52. The Kier molecular flexibility index (Phi) is 3.50. The minimum Gasteiger partial charge on any atom is -0.328 e. The van der Waals surface area contributed by atoms with E-state index in [0.717, 1.165) is 32.1 Å². The molecule has 0 saturated carbocycles. The van der Waals surface area contributed by atoms with Crippen LogP contribution in [0.2, 0.25) is 0 Å². The molecule has 1 aliphatic rings. The van der Waals surface area contributed by atoms with Crippen LogP contribution in [0.15, 0.2) is 24.4 Å². The minimum atomic E-state index is -4.44. The molecule has 0 aliphatic carbocycles. The van der Waals surface area contributed by atoms with Crippen LogP contribution in [0.1, 0.15) is 18.5 Å². The number of nitrogens with zero attached hydrogens (tertiary/aromatic N) is 3.